The van der Waals surface area contributed by atoms with E-state index in [1.54, 1.807) is 0 Å². The maximum atomic E-state index is 14.6. The van der Waals surface area contributed by atoms with Crippen molar-refractivity contribution >= 4 is 35.6 Å². The Kier molecular flexibility index (Phi) is 7.52. The lowest BCUT2D eigenvalue weighted by atomic mass is 10.0. The summed E-state index contributed by atoms with van der Waals surface area (Å²) < 4.78 is 109. The van der Waals surface area contributed by atoms with Crippen LogP contribution in [0.15, 0.2) is 59.5 Å². The zero-order valence-corrected chi connectivity index (χ0v) is 19.7. The second-order valence-corrected chi connectivity index (χ2v) is 8.39. The molecule has 0 saturated heterocycles. The van der Waals surface area contributed by atoms with Crippen LogP contribution in [0.5, 0.6) is 0 Å². The van der Waals surface area contributed by atoms with Gasteiger partial charge < -0.3 is 0 Å². The van der Waals surface area contributed by atoms with E-state index in [2.05, 4.69) is 24.5 Å². The third-order valence-electron chi connectivity index (χ3n) is 5.20. The Morgan fingerprint density at radius 3 is 2.05 bits per heavy atom. The van der Waals surface area contributed by atoms with Gasteiger partial charge in [-0.15, -0.1) is 12.6 Å². The van der Waals surface area contributed by atoms with Crippen LogP contribution < -0.4 is 0 Å². The summed E-state index contributed by atoms with van der Waals surface area (Å²) in [6.07, 6.45) is -2.54. The van der Waals surface area contributed by atoms with Crippen molar-refractivity contribution in [2.45, 2.75) is 11.1 Å². The highest BCUT2D eigenvalue weighted by atomic mass is 32.1. The molecular formula is C29H12F8S. The van der Waals surface area contributed by atoms with Gasteiger partial charge in [-0.2, -0.15) is 13.2 Å². The standard InChI is InChI=1S/C29H12F8S/c30-24-15-20(38)6-5-18(24)4-1-17-12-25(31)22(26(32)13-17)8-3-16-2-7-21-19(11-16)14-27(33)23(28(21)34)9-10-29(35,36)37/h2-3,5-8,11-15,38H/b8-3+. The van der Waals surface area contributed by atoms with E-state index in [1.807, 2.05) is 0 Å². The minimum absolute atomic E-state index is 0.00413. The second-order valence-electron chi connectivity index (χ2n) is 7.88. The van der Waals surface area contributed by atoms with E-state index >= 15 is 0 Å². The number of benzene rings is 4. The Hall–Kier alpha value is -4.21. The Labute approximate surface area is 217 Å². The normalized spacial score (nSPS) is 11.3. The molecule has 0 nitrogen and oxygen atoms in total. The predicted octanol–water partition coefficient (Wildman–Crippen LogP) is 8.31. The molecule has 0 radical (unpaired) electrons. The lowest BCUT2D eigenvalue weighted by Gasteiger charge is -2.06. The van der Waals surface area contributed by atoms with Gasteiger partial charge in [0, 0.05) is 27.3 Å². The molecule has 0 amide bonds. The number of hydrogen-bond donors (Lipinski definition) is 1. The average Bonchev–Trinajstić information content (AvgIpc) is 2.82. The van der Waals surface area contributed by atoms with Crippen LogP contribution in [0.3, 0.4) is 0 Å². The molecule has 0 aliphatic heterocycles. The molecule has 0 aliphatic carbocycles. The number of fused-ring (bicyclic) bond motifs is 1. The van der Waals surface area contributed by atoms with Crippen LogP contribution in [0.25, 0.3) is 22.9 Å². The van der Waals surface area contributed by atoms with Crippen molar-refractivity contribution in [3.8, 4) is 23.7 Å². The minimum Gasteiger partial charge on any atom is -0.206 e. The third kappa shape index (κ3) is 6.19. The highest BCUT2D eigenvalue weighted by Gasteiger charge is 2.24. The zero-order chi connectivity index (χ0) is 27.6. The predicted molar refractivity (Wildman–Crippen MR) is 132 cm³/mol. The van der Waals surface area contributed by atoms with Crippen LogP contribution >= 0.6 is 12.6 Å². The van der Waals surface area contributed by atoms with Gasteiger partial charge in [0.15, 0.2) is 0 Å². The first-order chi connectivity index (χ1) is 17.9. The van der Waals surface area contributed by atoms with Crippen molar-refractivity contribution in [2.24, 2.45) is 0 Å². The van der Waals surface area contributed by atoms with Crippen LogP contribution in [0, 0.1) is 52.8 Å². The summed E-state index contributed by atoms with van der Waals surface area (Å²) >= 11 is 4.00. The lowest BCUT2D eigenvalue weighted by Crippen LogP contribution is -2.02. The van der Waals surface area contributed by atoms with Crippen LogP contribution in [0.2, 0.25) is 0 Å². The molecule has 9 heteroatoms. The zero-order valence-electron chi connectivity index (χ0n) is 18.8. The largest absolute Gasteiger partial charge is 0.458 e. The molecule has 0 fully saturated rings. The van der Waals surface area contributed by atoms with E-state index in [9.17, 15) is 35.1 Å². The summed E-state index contributed by atoms with van der Waals surface area (Å²) in [5.74, 6) is 2.19. The number of hydrogen-bond acceptors (Lipinski definition) is 1. The monoisotopic (exact) mass is 544 g/mol. The van der Waals surface area contributed by atoms with E-state index in [-0.39, 0.29) is 21.9 Å². The van der Waals surface area contributed by atoms with Crippen LogP contribution in [0.1, 0.15) is 27.8 Å². The molecule has 0 saturated carbocycles. The molecule has 190 valence electrons. The molecule has 0 aromatic heterocycles. The molecular weight excluding hydrogens is 532 g/mol. The topological polar surface area (TPSA) is 0 Å². The van der Waals surface area contributed by atoms with E-state index in [0.717, 1.165) is 36.3 Å². The molecule has 4 rings (SSSR count). The maximum absolute atomic E-state index is 14.6. The van der Waals surface area contributed by atoms with Gasteiger partial charge in [0.25, 0.3) is 0 Å². The fraction of sp³-hybridized carbons (Fsp3) is 0.0345. The van der Waals surface area contributed by atoms with Gasteiger partial charge in [-0.3, -0.25) is 0 Å². The second kappa shape index (κ2) is 10.6. The first-order valence-electron chi connectivity index (χ1n) is 10.6. The SMILES string of the molecule is Fc1cc(S)ccc1C#Cc1cc(F)c(/C=C/c2ccc3c(F)c(C#CC(F)(F)F)c(F)cc3c2)c(F)c1. The first kappa shape index (κ1) is 26.8. The van der Waals surface area contributed by atoms with Crippen molar-refractivity contribution in [2.75, 3.05) is 0 Å². The van der Waals surface area contributed by atoms with Crippen molar-refractivity contribution in [1.29, 1.82) is 0 Å². The summed E-state index contributed by atoms with van der Waals surface area (Å²) in [6, 6.07) is 10.6. The first-order valence-corrected chi connectivity index (χ1v) is 11.1. The maximum Gasteiger partial charge on any atom is 0.458 e. The average molecular weight is 544 g/mol. The van der Waals surface area contributed by atoms with Crippen molar-refractivity contribution in [3.05, 3.63) is 112 Å². The lowest BCUT2D eigenvalue weighted by molar-refractivity contribution is -0.0696. The van der Waals surface area contributed by atoms with Gasteiger partial charge in [0.1, 0.15) is 29.1 Å². The number of rotatable bonds is 2. The Morgan fingerprint density at radius 2 is 1.39 bits per heavy atom. The van der Waals surface area contributed by atoms with Gasteiger partial charge in [-0.1, -0.05) is 36.0 Å². The van der Waals surface area contributed by atoms with Crippen LogP contribution in [-0.2, 0) is 0 Å². The molecule has 0 N–H and O–H groups in total. The molecule has 0 aliphatic rings. The van der Waals surface area contributed by atoms with E-state index < -0.39 is 46.4 Å². The van der Waals surface area contributed by atoms with Crippen LogP contribution in [0.4, 0.5) is 35.1 Å². The number of alkyl halides is 3. The van der Waals surface area contributed by atoms with Crippen molar-refractivity contribution in [1.82, 2.24) is 0 Å². The molecule has 0 spiro atoms. The van der Waals surface area contributed by atoms with Crippen molar-refractivity contribution < 1.29 is 35.1 Å². The third-order valence-corrected chi connectivity index (χ3v) is 5.48. The van der Waals surface area contributed by atoms with E-state index in [4.69, 9.17) is 0 Å². The van der Waals surface area contributed by atoms with Crippen LogP contribution in [-0.4, -0.2) is 6.18 Å². The Bertz CT molecular complexity index is 1700. The Morgan fingerprint density at radius 1 is 0.684 bits per heavy atom. The van der Waals surface area contributed by atoms with Gasteiger partial charge >= 0.3 is 6.18 Å². The van der Waals surface area contributed by atoms with E-state index in [0.29, 0.717) is 10.5 Å². The quantitative estimate of drug-likeness (QED) is 0.112. The molecule has 0 unspecified atom stereocenters. The summed E-state index contributed by atoms with van der Waals surface area (Å²) in [6.45, 7) is 0. The van der Waals surface area contributed by atoms with Gasteiger partial charge in [-0.25, -0.2) is 22.0 Å². The fourth-order valence-electron chi connectivity index (χ4n) is 3.44. The number of halogens is 8. The van der Waals surface area contributed by atoms with Gasteiger partial charge in [-0.05, 0) is 59.5 Å². The van der Waals surface area contributed by atoms with E-state index in [1.165, 1.54) is 42.3 Å². The smallest absolute Gasteiger partial charge is 0.206 e. The molecule has 0 atom stereocenters. The summed E-state index contributed by atoms with van der Waals surface area (Å²) in [5, 5.41) is -0.180. The molecule has 0 bridgehead atoms. The molecule has 0 heterocycles. The molecule has 4 aromatic carbocycles. The van der Waals surface area contributed by atoms with Gasteiger partial charge in [0.2, 0.25) is 0 Å². The summed E-state index contributed by atoms with van der Waals surface area (Å²) in [5.41, 5.74) is -1.15. The highest BCUT2D eigenvalue weighted by molar-refractivity contribution is 7.80. The summed E-state index contributed by atoms with van der Waals surface area (Å²) in [7, 11) is 0. The Balaban J connectivity index is 1.62. The highest BCUT2D eigenvalue weighted by Crippen LogP contribution is 2.27. The molecule has 4 aromatic rings. The summed E-state index contributed by atoms with van der Waals surface area (Å²) in [4.78, 5) is 0.392. The minimum atomic E-state index is -4.92. The van der Waals surface area contributed by atoms with Crippen molar-refractivity contribution in [3.63, 3.8) is 0 Å². The fourth-order valence-corrected chi connectivity index (χ4v) is 3.63. The number of thiol groups is 1. The molecule has 38 heavy (non-hydrogen) atoms. The van der Waals surface area contributed by atoms with Gasteiger partial charge in [0.05, 0.1) is 11.1 Å².